The fourth-order valence-electron chi connectivity index (χ4n) is 4.59. The second-order valence-corrected chi connectivity index (χ2v) is 10.0. The molecule has 5 rings (SSSR count). The van der Waals surface area contributed by atoms with Crippen molar-refractivity contribution in [1.82, 2.24) is 14.5 Å². The maximum atomic E-state index is 13.4. The van der Waals surface area contributed by atoms with Crippen LogP contribution in [0, 0.1) is 6.92 Å². The number of carbonyl (C=O) groups excluding carboxylic acids is 1. The first kappa shape index (κ1) is 27.6. The molecule has 0 aliphatic rings. The van der Waals surface area contributed by atoms with Crippen LogP contribution in [0.2, 0.25) is 0 Å². The number of hydrogen-bond acceptors (Lipinski definition) is 7. The van der Waals surface area contributed by atoms with Crippen LogP contribution < -0.4 is 19.8 Å². The zero-order valence-corrected chi connectivity index (χ0v) is 23.7. The van der Waals surface area contributed by atoms with E-state index < -0.39 is 0 Å². The van der Waals surface area contributed by atoms with Crippen molar-refractivity contribution in [3.8, 4) is 34.1 Å². The molecule has 0 unspecified atom stereocenters. The van der Waals surface area contributed by atoms with Gasteiger partial charge in [0.2, 0.25) is 0 Å². The van der Waals surface area contributed by atoms with Gasteiger partial charge in [0.05, 0.1) is 37.9 Å². The van der Waals surface area contributed by atoms with E-state index in [0.29, 0.717) is 34.2 Å². The first-order valence-electron chi connectivity index (χ1n) is 13.3. The van der Waals surface area contributed by atoms with Gasteiger partial charge in [0.1, 0.15) is 11.5 Å². The van der Waals surface area contributed by atoms with Crippen molar-refractivity contribution in [2.24, 2.45) is 0 Å². The zero-order valence-electron chi connectivity index (χ0n) is 23.7. The van der Waals surface area contributed by atoms with Gasteiger partial charge in [-0.1, -0.05) is 29.8 Å². The summed E-state index contributed by atoms with van der Waals surface area (Å²) < 4.78 is 18.5. The average Bonchev–Trinajstić information content (AvgIpc) is 2.98. The van der Waals surface area contributed by atoms with Gasteiger partial charge in [0, 0.05) is 35.6 Å². The van der Waals surface area contributed by atoms with Crippen LogP contribution in [0.4, 0.5) is 0 Å². The number of carbonyl (C=O) groups is 1. The van der Waals surface area contributed by atoms with E-state index in [-0.39, 0.29) is 29.4 Å². The van der Waals surface area contributed by atoms with Gasteiger partial charge in [-0.05, 0) is 62.2 Å². The van der Waals surface area contributed by atoms with E-state index in [1.165, 1.54) is 0 Å². The smallest absolute Gasteiger partial charge is 0.261 e. The molecule has 0 saturated heterocycles. The molecule has 3 heterocycles. The summed E-state index contributed by atoms with van der Waals surface area (Å²) in [7, 11) is 3.14. The Bertz CT molecular complexity index is 1780. The van der Waals surface area contributed by atoms with E-state index in [9.17, 15) is 9.59 Å². The number of Topliss-reactive ketones (excluding diaryl/α,β-unsaturated/α-hetero) is 1. The van der Waals surface area contributed by atoms with Gasteiger partial charge in [-0.25, -0.2) is 0 Å². The largest absolute Gasteiger partial charge is 0.493 e. The van der Waals surface area contributed by atoms with Crippen molar-refractivity contribution < 1.29 is 19.0 Å². The van der Waals surface area contributed by atoms with Gasteiger partial charge in [-0.15, -0.1) is 0 Å². The second kappa shape index (κ2) is 11.6. The lowest BCUT2D eigenvalue weighted by Gasteiger charge is -2.15. The lowest BCUT2D eigenvalue weighted by Crippen LogP contribution is -2.28. The van der Waals surface area contributed by atoms with Crippen molar-refractivity contribution >= 4 is 16.7 Å². The third-order valence-electron chi connectivity index (χ3n) is 6.86. The molecule has 3 aromatic heterocycles. The number of benzene rings is 2. The molecule has 0 spiro atoms. The summed E-state index contributed by atoms with van der Waals surface area (Å²) in [6, 6.07) is 18.4. The van der Waals surface area contributed by atoms with Crippen molar-refractivity contribution in [2.45, 2.75) is 33.2 Å². The minimum absolute atomic E-state index is 0.0137. The van der Waals surface area contributed by atoms with Crippen LogP contribution >= 0.6 is 0 Å². The molecular formula is C33H31N3O5. The summed E-state index contributed by atoms with van der Waals surface area (Å²) >= 11 is 0. The number of pyridine rings is 3. The molecule has 0 atom stereocenters. The fourth-order valence-corrected chi connectivity index (χ4v) is 4.59. The number of ether oxygens (including phenoxy) is 3. The highest BCUT2D eigenvalue weighted by atomic mass is 16.5. The summed E-state index contributed by atoms with van der Waals surface area (Å²) in [5, 5.41) is 0.749. The SMILES string of the molecule is COc1cc2nccc(Oc3ccc(CC(=O)c4cc(-c5ccc(C)cc5)cn(C(C)C)c4=O)nc3)c2cc1OC. The third-order valence-corrected chi connectivity index (χ3v) is 6.86. The molecule has 41 heavy (non-hydrogen) atoms. The number of aryl methyl sites for hydroxylation is 1. The van der Waals surface area contributed by atoms with Crippen LogP contribution in [0.1, 0.15) is 41.5 Å². The quantitative estimate of drug-likeness (QED) is 0.192. The van der Waals surface area contributed by atoms with Crippen LogP contribution in [-0.4, -0.2) is 34.5 Å². The normalized spacial score (nSPS) is 11.1. The third kappa shape index (κ3) is 5.82. The Balaban J connectivity index is 1.39. The van der Waals surface area contributed by atoms with Crippen molar-refractivity contribution in [3.63, 3.8) is 0 Å². The lowest BCUT2D eigenvalue weighted by atomic mass is 10.0. The molecule has 2 aromatic carbocycles. The molecule has 5 aromatic rings. The van der Waals surface area contributed by atoms with Crippen molar-refractivity contribution in [1.29, 1.82) is 0 Å². The molecule has 208 valence electrons. The van der Waals surface area contributed by atoms with Gasteiger partial charge in [-0.3, -0.25) is 19.6 Å². The minimum atomic E-state index is -0.308. The van der Waals surface area contributed by atoms with E-state index >= 15 is 0 Å². The Hall–Kier alpha value is -4.98. The number of hydrogen-bond donors (Lipinski definition) is 0. The van der Waals surface area contributed by atoms with Crippen molar-refractivity contribution in [2.75, 3.05) is 14.2 Å². The van der Waals surface area contributed by atoms with E-state index in [1.807, 2.05) is 57.3 Å². The average molecular weight is 550 g/mol. The van der Waals surface area contributed by atoms with E-state index in [1.54, 1.807) is 61.5 Å². The number of rotatable bonds is 9. The van der Waals surface area contributed by atoms with Crippen LogP contribution in [0.15, 0.2) is 84.0 Å². The summed E-state index contributed by atoms with van der Waals surface area (Å²) in [5.74, 6) is 1.91. The number of methoxy groups -OCH3 is 2. The van der Waals surface area contributed by atoms with E-state index in [2.05, 4.69) is 9.97 Å². The molecule has 0 N–H and O–H groups in total. The first-order chi connectivity index (χ1) is 19.8. The molecule has 0 amide bonds. The van der Waals surface area contributed by atoms with Crippen LogP contribution in [-0.2, 0) is 6.42 Å². The highest BCUT2D eigenvalue weighted by Gasteiger charge is 2.18. The van der Waals surface area contributed by atoms with Crippen LogP contribution in [0.3, 0.4) is 0 Å². The van der Waals surface area contributed by atoms with Gasteiger partial charge in [0.25, 0.3) is 5.56 Å². The number of nitrogens with zero attached hydrogens (tertiary/aromatic N) is 3. The molecule has 0 fully saturated rings. The summed E-state index contributed by atoms with van der Waals surface area (Å²) in [6.07, 6.45) is 5.01. The summed E-state index contributed by atoms with van der Waals surface area (Å²) in [4.78, 5) is 35.4. The molecule has 0 aliphatic heterocycles. The van der Waals surface area contributed by atoms with Gasteiger partial charge in [0.15, 0.2) is 17.3 Å². The number of ketones is 1. The standard InChI is InChI=1S/C33H31N3O5/c1-20(2)36-19-23(22-8-6-21(3)7-9-22)14-27(33(36)38)29(37)15-24-10-11-25(18-35-24)41-30-12-13-34-28-17-32(40-5)31(39-4)16-26(28)30/h6-14,16-20H,15H2,1-5H3. The highest BCUT2D eigenvalue weighted by Crippen LogP contribution is 2.36. The Morgan fingerprint density at radius 1 is 0.878 bits per heavy atom. The maximum absolute atomic E-state index is 13.4. The first-order valence-corrected chi connectivity index (χ1v) is 13.3. The summed E-state index contributed by atoms with van der Waals surface area (Å²) in [6.45, 7) is 5.87. The Morgan fingerprint density at radius 2 is 1.61 bits per heavy atom. The van der Waals surface area contributed by atoms with E-state index in [0.717, 1.165) is 22.1 Å². The van der Waals surface area contributed by atoms with E-state index in [4.69, 9.17) is 14.2 Å². The van der Waals surface area contributed by atoms with Gasteiger partial charge in [-0.2, -0.15) is 0 Å². The Kier molecular flexibility index (Phi) is 7.83. The zero-order chi connectivity index (χ0) is 29.1. The molecular weight excluding hydrogens is 518 g/mol. The Morgan fingerprint density at radius 3 is 2.27 bits per heavy atom. The van der Waals surface area contributed by atoms with Gasteiger partial charge < -0.3 is 18.8 Å². The molecule has 0 bridgehead atoms. The monoisotopic (exact) mass is 549 g/mol. The second-order valence-electron chi connectivity index (χ2n) is 10.0. The lowest BCUT2D eigenvalue weighted by molar-refractivity contribution is 0.0989. The predicted octanol–water partition coefficient (Wildman–Crippen LogP) is 6.58. The molecule has 0 aliphatic carbocycles. The topological polar surface area (TPSA) is 92.5 Å². The minimum Gasteiger partial charge on any atom is -0.493 e. The van der Waals surface area contributed by atoms with Gasteiger partial charge >= 0.3 is 0 Å². The summed E-state index contributed by atoms with van der Waals surface area (Å²) in [5.41, 5.74) is 3.96. The molecule has 8 heteroatoms. The highest BCUT2D eigenvalue weighted by molar-refractivity contribution is 5.98. The predicted molar refractivity (Wildman–Crippen MR) is 158 cm³/mol. The molecule has 0 radical (unpaired) electrons. The fraction of sp³-hybridized carbons (Fsp3) is 0.212. The number of fused-ring (bicyclic) bond motifs is 1. The molecule has 8 nitrogen and oxygen atoms in total. The van der Waals surface area contributed by atoms with Crippen molar-refractivity contribution in [3.05, 3.63) is 106 Å². The van der Waals surface area contributed by atoms with Crippen LogP contribution in [0.5, 0.6) is 23.0 Å². The number of aromatic nitrogens is 3. The maximum Gasteiger partial charge on any atom is 0.261 e. The van der Waals surface area contributed by atoms with Crippen LogP contribution in [0.25, 0.3) is 22.0 Å². The molecule has 0 saturated carbocycles. The Labute approximate surface area is 238 Å².